The van der Waals surface area contributed by atoms with Gasteiger partial charge in [0.15, 0.2) is 9.84 Å². The second-order valence-corrected chi connectivity index (χ2v) is 10.5. The van der Waals surface area contributed by atoms with Crippen LogP contribution < -0.4 is 5.32 Å². The number of rotatable bonds is 7. The van der Waals surface area contributed by atoms with Gasteiger partial charge >= 0.3 is 0 Å². The van der Waals surface area contributed by atoms with E-state index in [2.05, 4.69) is 5.32 Å². The van der Waals surface area contributed by atoms with Crippen LogP contribution in [0.15, 0.2) is 58.3 Å². The van der Waals surface area contributed by atoms with Gasteiger partial charge in [-0.05, 0) is 61.4 Å². The number of carbonyl (C=O) groups excluding carboxylic acids is 1. The van der Waals surface area contributed by atoms with Crippen LogP contribution in [-0.2, 0) is 14.6 Å². The third-order valence-corrected chi connectivity index (χ3v) is 7.85. The van der Waals surface area contributed by atoms with Gasteiger partial charge in [0.25, 0.3) is 0 Å². The highest BCUT2D eigenvalue weighted by Gasteiger charge is 2.17. The number of anilines is 1. The summed E-state index contributed by atoms with van der Waals surface area (Å²) in [4.78, 5) is 13.5. The van der Waals surface area contributed by atoms with Crippen molar-refractivity contribution in [3.05, 3.63) is 53.6 Å². The Labute approximate surface area is 169 Å². The zero-order chi connectivity index (χ0) is 19.3. The number of nitrogens with one attached hydrogen (secondary N) is 1. The standard InChI is InChI=1S/C20H22ClNO3S2/c21-15-5-11-19(12-6-15)27(24,25)14-13-20(23)22-16-7-9-18(10-8-16)26-17-3-1-2-4-17/h5-12,17H,1-4,13-14H2,(H,22,23). The highest BCUT2D eigenvalue weighted by atomic mass is 35.5. The van der Waals surface area contributed by atoms with Crippen molar-refractivity contribution in [3.8, 4) is 0 Å². The van der Waals surface area contributed by atoms with Crippen molar-refractivity contribution in [2.75, 3.05) is 11.1 Å². The molecule has 144 valence electrons. The minimum atomic E-state index is -3.51. The molecule has 0 saturated heterocycles. The Kier molecular flexibility index (Phi) is 6.84. The molecule has 0 spiro atoms. The normalized spacial score (nSPS) is 15.0. The lowest BCUT2D eigenvalue weighted by Crippen LogP contribution is -2.17. The highest BCUT2D eigenvalue weighted by Crippen LogP contribution is 2.34. The van der Waals surface area contributed by atoms with Crippen molar-refractivity contribution in [1.29, 1.82) is 0 Å². The zero-order valence-corrected chi connectivity index (χ0v) is 17.2. The number of carbonyl (C=O) groups is 1. The van der Waals surface area contributed by atoms with Crippen molar-refractivity contribution >= 4 is 44.8 Å². The smallest absolute Gasteiger partial charge is 0.225 e. The fourth-order valence-electron chi connectivity index (χ4n) is 3.03. The molecule has 27 heavy (non-hydrogen) atoms. The van der Waals surface area contributed by atoms with E-state index < -0.39 is 9.84 Å². The average Bonchev–Trinajstić information content (AvgIpc) is 3.15. The van der Waals surface area contributed by atoms with Gasteiger partial charge in [0.05, 0.1) is 10.6 Å². The molecular formula is C20H22ClNO3S2. The summed E-state index contributed by atoms with van der Waals surface area (Å²) in [6.45, 7) is 0. The minimum absolute atomic E-state index is 0.0937. The molecule has 3 rings (SSSR count). The van der Waals surface area contributed by atoms with Crippen LogP contribution in [0, 0.1) is 0 Å². The molecule has 7 heteroatoms. The molecule has 0 aliphatic heterocycles. The maximum absolute atomic E-state index is 12.3. The molecule has 0 atom stereocenters. The van der Waals surface area contributed by atoms with E-state index in [9.17, 15) is 13.2 Å². The predicted octanol–water partition coefficient (Wildman–Crippen LogP) is 5.18. The summed E-state index contributed by atoms with van der Waals surface area (Å²) < 4.78 is 24.6. The van der Waals surface area contributed by atoms with Gasteiger partial charge in [0.1, 0.15) is 0 Å². The van der Waals surface area contributed by atoms with Gasteiger partial charge in [0.2, 0.25) is 5.91 Å². The summed E-state index contributed by atoms with van der Waals surface area (Å²) in [5.41, 5.74) is 0.680. The van der Waals surface area contributed by atoms with E-state index in [1.807, 2.05) is 36.0 Å². The molecule has 0 unspecified atom stereocenters. The first-order valence-electron chi connectivity index (χ1n) is 8.97. The SMILES string of the molecule is O=C(CCS(=O)(=O)c1ccc(Cl)cc1)Nc1ccc(SC2CCCC2)cc1. The van der Waals surface area contributed by atoms with E-state index in [4.69, 9.17) is 11.6 Å². The fraction of sp³-hybridized carbons (Fsp3) is 0.350. The Bertz CT molecular complexity index is 874. The number of halogens is 1. The van der Waals surface area contributed by atoms with Crippen LogP contribution in [0.2, 0.25) is 5.02 Å². The topological polar surface area (TPSA) is 63.2 Å². The molecular weight excluding hydrogens is 402 g/mol. The molecule has 0 radical (unpaired) electrons. The maximum atomic E-state index is 12.3. The maximum Gasteiger partial charge on any atom is 0.225 e. The summed E-state index contributed by atoms with van der Waals surface area (Å²) in [6, 6.07) is 13.7. The Hall–Kier alpha value is -1.50. The number of amides is 1. The first-order valence-corrected chi connectivity index (χ1v) is 11.9. The van der Waals surface area contributed by atoms with E-state index in [0.717, 1.165) is 0 Å². The molecule has 1 aliphatic carbocycles. The number of hydrogen-bond acceptors (Lipinski definition) is 4. The predicted molar refractivity (Wildman–Crippen MR) is 111 cm³/mol. The first-order chi connectivity index (χ1) is 12.9. The van der Waals surface area contributed by atoms with Gasteiger partial charge in [-0.15, -0.1) is 11.8 Å². The summed E-state index contributed by atoms with van der Waals surface area (Å²) in [6.07, 6.45) is 5.06. The van der Waals surface area contributed by atoms with Crippen molar-refractivity contribution < 1.29 is 13.2 Å². The van der Waals surface area contributed by atoms with Crippen molar-refractivity contribution in [2.24, 2.45) is 0 Å². The molecule has 0 aromatic heterocycles. The molecule has 1 aliphatic rings. The Morgan fingerprint density at radius 1 is 1.04 bits per heavy atom. The van der Waals surface area contributed by atoms with E-state index in [1.54, 1.807) is 0 Å². The molecule has 2 aromatic rings. The number of benzene rings is 2. The second kappa shape index (κ2) is 9.13. The van der Waals surface area contributed by atoms with Gasteiger partial charge in [-0.1, -0.05) is 24.4 Å². The van der Waals surface area contributed by atoms with Crippen molar-refractivity contribution in [2.45, 2.75) is 47.1 Å². The van der Waals surface area contributed by atoms with Crippen molar-refractivity contribution in [1.82, 2.24) is 0 Å². The number of thioether (sulfide) groups is 1. The molecule has 1 amide bonds. The Balaban J connectivity index is 1.50. The van der Waals surface area contributed by atoms with Gasteiger partial charge in [-0.2, -0.15) is 0 Å². The molecule has 4 nitrogen and oxygen atoms in total. The molecule has 1 saturated carbocycles. The van der Waals surface area contributed by atoms with Crippen LogP contribution in [0.4, 0.5) is 5.69 Å². The van der Waals surface area contributed by atoms with E-state index in [1.165, 1.54) is 54.8 Å². The lowest BCUT2D eigenvalue weighted by atomic mass is 10.3. The van der Waals surface area contributed by atoms with Crippen LogP contribution >= 0.6 is 23.4 Å². The van der Waals surface area contributed by atoms with Crippen LogP contribution in [0.5, 0.6) is 0 Å². The van der Waals surface area contributed by atoms with Gasteiger partial charge in [0, 0.05) is 27.3 Å². The van der Waals surface area contributed by atoms with Crippen molar-refractivity contribution in [3.63, 3.8) is 0 Å². The van der Waals surface area contributed by atoms with E-state index >= 15 is 0 Å². The summed E-state index contributed by atoms with van der Waals surface area (Å²) in [5.74, 6) is -0.556. The largest absolute Gasteiger partial charge is 0.326 e. The second-order valence-electron chi connectivity index (χ2n) is 6.62. The van der Waals surface area contributed by atoms with Crippen LogP contribution in [0.3, 0.4) is 0 Å². The number of hydrogen-bond donors (Lipinski definition) is 1. The monoisotopic (exact) mass is 423 g/mol. The quantitative estimate of drug-likeness (QED) is 0.666. The lowest BCUT2D eigenvalue weighted by Gasteiger charge is -2.10. The van der Waals surface area contributed by atoms with E-state index in [-0.39, 0.29) is 23.0 Å². The summed E-state index contributed by atoms with van der Waals surface area (Å²) in [7, 11) is -3.51. The molecule has 0 heterocycles. The van der Waals surface area contributed by atoms with Gasteiger partial charge in [-0.25, -0.2) is 8.42 Å². The lowest BCUT2D eigenvalue weighted by molar-refractivity contribution is -0.115. The Morgan fingerprint density at radius 2 is 1.67 bits per heavy atom. The minimum Gasteiger partial charge on any atom is -0.326 e. The highest BCUT2D eigenvalue weighted by molar-refractivity contribution is 8.00. The zero-order valence-electron chi connectivity index (χ0n) is 14.9. The van der Waals surface area contributed by atoms with Crippen LogP contribution in [0.1, 0.15) is 32.1 Å². The van der Waals surface area contributed by atoms with Crippen LogP contribution in [-0.4, -0.2) is 25.3 Å². The van der Waals surface area contributed by atoms with Crippen LogP contribution in [0.25, 0.3) is 0 Å². The molecule has 0 bridgehead atoms. The average molecular weight is 424 g/mol. The van der Waals surface area contributed by atoms with Gasteiger partial charge < -0.3 is 5.32 Å². The Morgan fingerprint density at radius 3 is 2.30 bits per heavy atom. The molecule has 1 fully saturated rings. The number of sulfone groups is 1. The summed E-state index contributed by atoms with van der Waals surface area (Å²) >= 11 is 7.67. The third-order valence-electron chi connectivity index (χ3n) is 4.51. The van der Waals surface area contributed by atoms with Gasteiger partial charge in [-0.3, -0.25) is 4.79 Å². The fourth-order valence-corrected chi connectivity index (χ4v) is 5.64. The third kappa shape index (κ3) is 5.99. The molecule has 1 N–H and O–H groups in total. The molecule has 2 aromatic carbocycles. The van der Waals surface area contributed by atoms with E-state index in [0.29, 0.717) is 16.0 Å². The first kappa shape index (κ1) is 20.2. The summed E-state index contributed by atoms with van der Waals surface area (Å²) in [5, 5.41) is 3.93.